The van der Waals surface area contributed by atoms with Crippen molar-refractivity contribution in [3.05, 3.63) is 90.0 Å². The maximum Gasteiger partial charge on any atom is 0.255 e. The lowest BCUT2D eigenvalue weighted by Gasteiger charge is -2.13. The zero-order chi connectivity index (χ0) is 22.1. The number of rotatable bonds is 9. The molecule has 0 radical (unpaired) electrons. The minimum Gasteiger partial charge on any atom is -0.491 e. The van der Waals surface area contributed by atoms with Gasteiger partial charge >= 0.3 is 0 Å². The average molecular weight is 417 g/mol. The first-order valence-electron chi connectivity index (χ1n) is 10.6. The zero-order valence-electron chi connectivity index (χ0n) is 17.9. The topological polar surface area (TPSA) is 67.4 Å². The fourth-order valence-electron chi connectivity index (χ4n) is 2.97. The lowest BCUT2D eigenvalue weighted by Crippen LogP contribution is -2.14. The van der Waals surface area contributed by atoms with Crippen molar-refractivity contribution < 1.29 is 14.3 Å². The van der Waals surface area contributed by atoms with Gasteiger partial charge < -0.3 is 15.4 Å². The Morgan fingerprint density at radius 2 is 1.45 bits per heavy atom. The monoisotopic (exact) mass is 416 g/mol. The molecule has 0 heterocycles. The third-order valence-electron chi connectivity index (χ3n) is 4.94. The summed E-state index contributed by atoms with van der Waals surface area (Å²) in [5.41, 5.74) is 3.04. The minimum atomic E-state index is -0.199. The third-order valence-corrected chi connectivity index (χ3v) is 4.94. The summed E-state index contributed by atoms with van der Waals surface area (Å²) in [6.45, 7) is 4.07. The quantitative estimate of drug-likeness (QED) is 0.471. The van der Waals surface area contributed by atoms with Crippen LogP contribution in [0.4, 0.5) is 11.4 Å². The Labute approximate surface area is 183 Å². The van der Waals surface area contributed by atoms with E-state index < -0.39 is 0 Å². The van der Waals surface area contributed by atoms with Crippen molar-refractivity contribution in [2.24, 2.45) is 0 Å². The number of amides is 2. The highest BCUT2D eigenvalue weighted by atomic mass is 16.5. The van der Waals surface area contributed by atoms with Gasteiger partial charge in [-0.1, -0.05) is 37.3 Å². The maximum absolute atomic E-state index is 12.5. The summed E-state index contributed by atoms with van der Waals surface area (Å²) < 4.78 is 5.74. The molecule has 1 atom stereocenters. The Morgan fingerprint density at radius 1 is 0.839 bits per heavy atom. The summed E-state index contributed by atoms with van der Waals surface area (Å²) in [5.74, 6) is 0.508. The highest BCUT2D eigenvalue weighted by molar-refractivity contribution is 6.04. The molecule has 3 rings (SSSR count). The number of nitrogens with one attached hydrogen (secondary N) is 2. The first-order valence-corrected chi connectivity index (χ1v) is 10.6. The third kappa shape index (κ3) is 7.00. The van der Waals surface area contributed by atoms with Gasteiger partial charge in [0.15, 0.2) is 0 Å². The lowest BCUT2D eigenvalue weighted by molar-refractivity contribution is -0.116. The van der Waals surface area contributed by atoms with Crippen molar-refractivity contribution in [1.82, 2.24) is 0 Å². The van der Waals surface area contributed by atoms with Crippen molar-refractivity contribution >= 4 is 23.2 Å². The summed E-state index contributed by atoms with van der Waals surface area (Å²) in [7, 11) is 0. The van der Waals surface area contributed by atoms with Gasteiger partial charge in [-0.25, -0.2) is 0 Å². The molecule has 5 nitrogen and oxygen atoms in total. The molecule has 0 fully saturated rings. The smallest absolute Gasteiger partial charge is 0.255 e. The van der Waals surface area contributed by atoms with Crippen LogP contribution in [0.1, 0.15) is 42.6 Å². The van der Waals surface area contributed by atoms with E-state index in [1.54, 1.807) is 48.5 Å². The van der Waals surface area contributed by atoms with Gasteiger partial charge in [-0.3, -0.25) is 9.59 Å². The maximum atomic E-state index is 12.5. The summed E-state index contributed by atoms with van der Waals surface area (Å²) in [6, 6.07) is 24.1. The molecule has 0 aliphatic rings. The van der Waals surface area contributed by atoms with Gasteiger partial charge in [-0.2, -0.15) is 0 Å². The first-order chi connectivity index (χ1) is 15.0. The SMILES string of the molecule is CCC(C)Oc1ccc(C(=O)Nc2ccc(NC(=O)CCc3ccccc3)cc2)cc1. The molecule has 0 aliphatic heterocycles. The molecule has 0 saturated carbocycles. The van der Waals surface area contributed by atoms with Gasteiger partial charge in [0.25, 0.3) is 5.91 Å². The van der Waals surface area contributed by atoms with Crippen LogP contribution in [0.5, 0.6) is 5.75 Å². The van der Waals surface area contributed by atoms with E-state index in [4.69, 9.17) is 4.74 Å². The number of aryl methyl sites for hydroxylation is 1. The van der Waals surface area contributed by atoms with Crippen molar-refractivity contribution in [2.45, 2.75) is 39.2 Å². The fraction of sp³-hybridized carbons (Fsp3) is 0.231. The van der Waals surface area contributed by atoms with Crippen LogP contribution in [-0.2, 0) is 11.2 Å². The van der Waals surface area contributed by atoms with E-state index in [1.165, 1.54) is 0 Å². The molecule has 5 heteroatoms. The van der Waals surface area contributed by atoms with Crippen molar-refractivity contribution in [3.63, 3.8) is 0 Å². The molecule has 3 aromatic rings. The molecular weight excluding hydrogens is 388 g/mol. The average Bonchev–Trinajstić information content (AvgIpc) is 2.80. The zero-order valence-corrected chi connectivity index (χ0v) is 17.9. The Kier molecular flexibility index (Phi) is 7.82. The van der Waals surface area contributed by atoms with E-state index in [2.05, 4.69) is 17.6 Å². The Hall–Kier alpha value is -3.60. The molecule has 3 aromatic carbocycles. The van der Waals surface area contributed by atoms with Crippen LogP contribution in [-0.4, -0.2) is 17.9 Å². The molecule has 2 N–H and O–H groups in total. The Bertz CT molecular complexity index is 983. The van der Waals surface area contributed by atoms with Crippen molar-refractivity contribution in [3.8, 4) is 5.75 Å². The molecular formula is C26H28N2O3. The summed E-state index contributed by atoms with van der Waals surface area (Å²) in [4.78, 5) is 24.6. The lowest BCUT2D eigenvalue weighted by atomic mass is 10.1. The summed E-state index contributed by atoms with van der Waals surface area (Å²) in [5, 5.41) is 5.75. The number of ether oxygens (including phenoxy) is 1. The predicted molar refractivity (Wildman–Crippen MR) is 125 cm³/mol. The van der Waals surface area contributed by atoms with E-state index in [1.807, 2.05) is 37.3 Å². The van der Waals surface area contributed by atoms with Crippen LogP contribution in [0, 0.1) is 0 Å². The number of hydrogen-bond acceptors (Lipinski definition) is 3. The van der Waals surface area contributed by atoms with Gasteiger partial charge in [0.2, 0.25) is 5.91 Å². The van der Waals surface area contributed by atoms with Crippen LogP contribution in [0.15, 0.2) is 78.9 Å². The van der Waals surface area contributed by atoms with E-state index >= 15 is 0 Å². The van der Waals surface area contributed by atoms with E-state index in [-0.39, 0.29) is 17.9 Å². The molecule has 2 amide bonds. The standard InChI is InChI=1S/C26H28N2O3/c1-3-19(2)31-24-16-10-21(11-17-24)26(30)28-23-14-12-22(13-15-23)27-25(29)18-9-20-7-5-4-6-8-20/h4-8,10-17,19H,3,9,18H2,1-2H3,(H,27,29)(H,28,30). The molecule has 1 unspecified atom stereocenters. The number of anilines is 2. The Balaban J connectivity index is 1.49. The molecule has 0 bridgehead atoms. The van der Waals surface area contributed by atoms with Gasteiger partial charge in [0, 0.05) is 23.4 Å². The van der Waals surface area contributed by atoms with E-state index in [9.17, 15) is 9.59 Å². The van der Waals surface area contributed by atoms with Gasteiger partial charge in [0.05, 0.1) is 6.10 Å². The molecule has 0 aromatic heterocycles. The van der Waals surface area contributed by atoms with Crippen LogP contribution >= 0.6 is 0 Å². The molecule has 0 spiro atoms. The molecule has 160 valence electrons. The van der Waals surface area contributed by atoms with Gasteiger partial charge in [-0.05, 0) is 73.9 Å². The summed E-state index contributed by atoms with van der Waals surface area (Å²) in [6.07, 6.45) is 2.17. The highest BCUT2D eigenvalue weighted by Gasteiger charge is 2.08. The predicted octanol–water partition coefficient (Wildman–Crippen LogP) is 5.69. The Morgan fingerprint density at radius 3 is 2.06 bits per heavy atom. The number of hydrogen-bond donors (Lipinski definition) is 2. The molecule has 31 heavy (non-hydrogen) atoms. The van der Waals surface area contributed by atoms with E-state index in [0.29, 0.717) is 29.8 Å². The summed E-state index contributed by atoms with van der Waals surface area (Å²) >= 11 is 0. The first kappa shape index (κ1) is 22.1. The van der Waals surface area contributed by atoms with Crippen LogP contribution in [0.2, 0.25) is 0 Å². The number of benzene rings is 3. The van der Waals surface area contributed by atoms with Crippen LogP contribution < -0.4 is 15.4 Å². The second-order valence-electron chi connectivity index (χ2n) is 7.43. The van der Waals surface area contributed by atoms with Crippen LogP contribution in [0.3, 0.4) is 0 Å². The van der Waals surface area contributed by atoms with Gasteiger partial charge in [0.1, 0.15) is 5.75 Å². The normalized spacial score (nSPS) is 11.4. The highest BCUT2D eigenvalue weighted by Crippen LogP contribution is 2.18. The number of carbonyl (C=O) groups excluding carboxylic acids is 2. The minimum absolute atomic E-state index is 0.0414. The largest absolute Gasteiger partial charge is 0.491 e. The van der Waals surface area contributed by atoms with Crippen LogP contribution in [0.25, 0.3) is 0 Å². The molecule has 0 saturated heterocycles. The van der Waals surface area contributed by atoms with Crippen molar-refractivity contribution in [1.29, 1.82) is 0 Å². The second-order valence-corrected chi connectivity index (χ2v) is 7.43. The fourth-order valence-corrected chi connectivity index (χ4v) is 2.97. The molecule has 0 aliphatic carbocycles. The van der Waals surface area contributed by atoms with E-state index in [0.717, 1.165) is 17.7 Å². The number of carbonyl (C=O) groups is 2. The second kappa shape index (κ2) is 11.0. The van der Waals surface area contributed by atoms with Gasteiger partial charge in [-0.15, -0.1) is 0 Å². The van der Waals surface area contributed by atoms with Crippen molar-refractivity contribution in [2.75, 3.05) is 10.6 Å².